The summed E-state index contributed by atoms with van der Waals surface area (Å²) in [4.78, 5) is 0. The van der Waals surface area contributed by atoms with Crippen molar-refractivity contribution in [2.45, 2.75) is 26.7 Å². The van der Waals surface area contributed by atoms with Gasteiger partial charge in [-0.1, -0.05) is 49.4 Å². The second kappa shape index (κ2) is 4.93. The number of fused-ring (bicyclic) bond motifs is 1. The summed E-state index contributed by atoms with van der Waals surface area (Å²) >= 11 is 0. The zero-order chi connectivity index (χ0) is 13.2. The average Bonchev–Trinajstić information content (AvgIpc) is 2.76. The van der Waals surface area contributed by atoms with Crippen molar-refractivity contribution in [3.8, 4) is 0 Å². The molecule has 1 heterocycles. The molecule has 0 fully saturated rings. The minimum atomic E-state index is 0.937. The van der Waals surface area contributed by atoms with E-state index in [0.29, 0.717) is 0 Å². The van der Waals surface area contributed by atoms with Gasteiger partial charge in [-0.25, -0.2) is 0 Å². The molecule has 0 aliphatic heterocycles. The average molecular weight is 250 g/mol. The topological polar surface area (TPSA) is 13.1 Å². The lowest BCUT2D eigenvalue weighted by molar-refractivity contribution is 0.573. The van der Waals surface area contributed by atoms with Gasteiger partial charge in [-0.05, 0) is 30.5 Å². The second-order valence-corrected chi connectivity index (χ2v) is 4.98. The van der Waals surface area contributed by atoms with E-state index in [-0.39, 0.29) is 0 Å². The Morgan fingerprint density at radius 2 is 1.58 bits per heavy atom. The van der Waals surface area contributed by atoms with Gasteiger partial charge < -0.3 is 4.42 Å². The van der Waals surface area contributed by atoms with Crippen LogP contribution < -0.4 is 0 Å². The first-order valence-corrected chi connectivity index (χ1v) is 6.82. The van der Waals surface area contributed by atoms with Crippen LogP contribution in [0.5, 0.6) is 0 Å². The van der Waals surface area contributed by atoms with Crippen LogP contribution in [0.15, 0.2) is 52.9 Å². The van der Waals surface area contributed by atoms with Crippen LogP contribution in [0.1, 0.15) is 29.4 Å². The molecule has 0 saturated carbocycles. The molecule has 96 valence electrons. The number of rotatable bonds is 3. The lowest BCUT2D eigenvalue weighted by Gasteiger charge is -2.03. The maximum Gasteiger partial charge on any atom is 0.134 e. The van der Waals surface area contributed by atoms with E-state index < -0.39 is 0 Å². The van der Waals surface area contributed by atoms with Crippen molar-refractivity contribution in [1.82, 2.24) is 0 Å². The lowest BCUT2D eigenvalue weighted by atomic mass is 10.0. The molecule has 0 atom stereocenters. The quantitative estimate of drug-likeness (QED) is 0.644. The SMILES string of the molecule is CCc1ccc(Cc2c(C)oc3ccccc23)cc1. The van der Waals surface area contributed by atoms with E-state index in [9.17, 15) is 0 Å². The first kappa shape index (κ1) is 12.0. The highest BCUT2D eigenvalue weighted by molar-refractivity contribution is 5.82. The summed E-state index contributed by atoms with van der Waals surface area (Å²) in [6.45, 7) is 4.23. The third-order valence-electron chi connectivity index (χ3n) is 3.71. The molecule has 19 heavy (non-hydrogen) atoms. The normalized spacial score (nSPS) is 11.1. The molecule has 1 heteroatoms. The van der Waals surface area contributed by atoms with Crippen LogP contribution in [0.2, 0.25) is 0 Å². The van der Waals surface area contributed by atoms with E-state index in [0.717, 1.165) is 24.2 Å². The van der Waals surface area contributed by atoms with E-state index in [4.69, 9.17) is 4.42 Å². The number of aryl methyl sites for hydroxylation is 2. The Bertz CT molecular complexity index is 689. The van der Waals surface area contributed by atoms with Crippen LogP contribution in [0, 0.1) is 6.92 Å². The van der Waals surface area contributed by atoms with Crippen molar-refractivity contribution in [1.29, 1.82) is 0 Å². The molecule has 0 aliphatic rings. The molecule has 0 aliphatic carbocycles. The van der Waals surface area contributed by atoms with Crippen LogP contribution in [0.25, 0.3) is 11.0 Å². The summed E-state index contributed by atoms with van der Waals surface area (Å²) in [7, 11) is 0. The smallest absolute Gasteiger partial charge is 0.134 e. The molecule has 0 saturated heterocycles. The highest BCUT2D eigenvalue weighted by Crippen LogP contribution is 2.27. The van der Waals surface area contributed by atoms with Crippen molar-refractivity contribution in [2.24, 2.45) is 0 Å². The van der Waals surface area contributed by atoms with Crippen LogP contribution >= 0.6 is 0 Å². The van der Waals surface area contributed by atoms with E-state index >= 15 is 0 Å². The fourth-order valence-corrected chi connectivity index (χ4v) is 2.54. The van der Waals surface area contributed by atoms with Gasteiger partial charge in [0.2, 0.25) is 0 Å². The molecule has 0 bridgehead atoms. The monoisotopic (exact) mass is 250 g/mol. The molecule has 0 unspecified atom stereocenters. The highest BCUT2D eigenvalue weighted by Gasteiger charge is 2.10. The van der Waals surface area contributed by atoms with Gasteiger partial charge in [-0.2, -0.15) is 0 Å². The number of para-hydroxylation sites is 1. The number of furan rings is 1. The third kappa shape index (κ3) is 2.28. The molecule has 2 aromatic carbocycles. The summed E-state index contributed by atoms with van der Waals surface area (Å²) in [6, 6.07) is 17.1. The van der Waals surface area contributed by atoms with Crippen LogP contribution in [0.3, 0.4) is 0 Å². The van der Waals surface area contributed by atoms with Gasteiger partial charge in [0.1, 0.15) is 11.3 Å². The maximum atomic E-state index is 5.82. The maximum absolute atomic E-state index is 5.82. The number of hydrogen-bond acceptors (Lipinski definition) is 1. The van der Waals surface area contributed by atoms with Gasteiger partial charge >= 0.3 is 0 Å². The first-order valence-electron chi connectivity index (χ1n) is 6.82. The Kier molecular flexibility index (Phi) is 3.12. The molecule has 1 nitrogen and oxygen atoms in total. The Hall–Kier alpha value is -2.02. The van der Waals surface area contributed by atoms with Gasteiger partial charge in [0.15, 0.2) is 0 Å². The largest absolute Gasteiger partial charge is 0.461 e. The van der Waals surface area contributed by atoms with Crippen molar-refractivity contribution >= 4 is 11.0 Å². The molecule has 0 N–H and O–H groups in total. The van der Waals surface area contributed by atoms with E-state index in [1.165, 1.54) is 22.1 Å². The summed E-state index contributed by atoms with van der Waals surface area (Å²) < 4.78 is 5.82. The Morgan fingerprint density at radius 3 is 2.32 bits per heavy atom. The Morgan fingerprint density at radius 1 is 0.895 bits per heavy atom. The zero-order valence-corrected chi connectivity index (χ0v) is 11.4. The summed E-state index contributed by atoms with van der Waals surface area (Å²) in [5.74, 6) is 1.03. The third-order valence-corrected chi connectivity index (χ3v) is 3.71. The summed E-state index contributed by atoms with van der Waals surface area (Å²) in [5.41, 5.74) is 5.02. The zero-order valence-electron chi connectivity index (χ0n) is 11.4. The fraction of sp³-hybridized carbons (Fsp3) is 0.222. The Labute approximate surface area is 113 Å². The van der Waals surface area contributed by atoms with Gasteiger partial charge in [0.25, 0.3) is 0 Å². The van der Waals surface area contributed by atoms with E-state index in [1.54, 1.807) is 0 Å². The van der Waals surface area contributed by atoms with E-state index in [2.05, 4.69) is 50.2 Å². The summed E-state index contributed by atoms with van der Waals surface area (Å²) in [5, 5.41) is 1.24. The molecule has 1 aromatic heterocycles. The number of benzene rings is 2. The van der Waals surface area contributed by atoms with Gasteiger partial charge in [0, 0.05) is 17.4 Å². The van der Waals surface area contributed by atoms with Crippen molar-refractivity contribution < 1.29 is 4.42 Å². The fourth-order valence-electron chi connectivity index (χ4n) is 2.54. The minimum Gasteiger partial charge on any atom is -0.461 e. The molecule has 3 rings (SSSR count). The molecular formula is C18H18O. The molecule has 0 radical (unpaired) electrons. The van der Waals surface area contributed by atoms with E-state index in [1.807, 2.05) is 12.1 Å². The molecule has 0 spiro atoms. The van der Waals surface area contributed by atoms with Crippen molar-refractivity contribution in [3.63, 3.8) is 0 Å². The van der Waals surface area contributed by atoms with Crippen molar-refractivity contribution in [2.75, 3.05) is 0 Å². The summed E-state index contributed by atoms with van der Waals surface area (Å²) in [6.07, 6.45) is 2.03. The van der Waals surface area contributed by atoms with Crippen LogP contribution in [-0.2, 0) is 12.8 Å². The molecule has 0 amide bonds. The molecule has 3 aromatic rings. The van der Waals surface area contributed by atoms with Gasteiger partial charge in [-0.15, -0.1) is 0 Å². The molecular weight excluding hydrogens is 232 g/mol. The van der Waals surface area contributed by atoms with Crippen molar-refractivity contribution in [3.05, 3.63) is 71.0 Å². The predicted octanol–water partition coefficient (Wildman–Crippen LogP) is 4.89. The minimum absolute atomic E-state index is 0.937. The van der Waals surface area contributed by atoms with Gasteiger partial charge in [-0.3, -0.25) is 0 Å². The predicted molar refractivity (Wildman–Crippen MR) is 79.6 cm³/mol. The first-order chi connectivity index (χ1) is 9.28. The lowest BCUT2D eigenvalue weighted by Crippen LogP contribution is -1.90. The number of hydrogen-bond donors (Lipinski definition) is 0. The standard InChI is InChI=1S/C18H18O/c1-3-14-8-10-15(11-9-14)12-17-13(2)19-18-7-5-4-6-16(17)18/h4-11H,3,12H2,1-2H3. The Balaban J connectivity index is 1.98. The van der Waals surface area contributed by atoms with Crippen LogP contribution in [0.4, 0.5) is 0 Å². The second-order valence-electron chi connectivity index (χ2n) is 4.98. The van der Waals surface area contributed by atoms with Crippen LogP contribution in [-0.4, -0.2) is 0 Å². The van der Waals surface area contributed by atoms with Gasteiger partial charge in [0.05, 0.1) is 0 Å². The highest BCUT2D eigenvalue weighted by atomic mass is 16.3.